The lowest BCUT2D eigenvalue weighted by molar-refractivity contribution is 0.292. The molecule has 0 aromatic heterocycles. The van der Waals surface area contributed by atoms with E-state index in [1.807, 2.05) is 18.2 Å². The Labute approximate surface area is 108 Å². The van der Waals surface area contributed by atoms with Gasteiger partial charge in [-0.05, 0) is 6.07 Å². The van der Waals surface area contributed by atoms with Crippen LogP contribution in [-0.2, 0) is 6.54 Å². The Morgan fingerprint density at radius 3 is 2.50 bits per heavy atom. The van der Waals surface area contributed by atoms with Gasteiger partial charge in [0, 0.05) is 31.7 Å². The first kappa shape index (κ1) is 14.8. The second-order valence-electron chi connectivity index (χ2n) is 3.80. The molecule has 0 unspecified atom stereocenters. The minimum Gasteiger partial charge on any atom is -0.493 e. The summed E-state index contributed by atoms with van der Waals surface area (Å²) in [6, 6.07) is 5.84. The quantitative estimate of drug-likeness (QED) is 0.556. The van der Waals surface area contributed by atoms with E-state index in [9.17, 15) is 0 Å². The zero-order chi connectivity index (χ0) is 13.2. The molecule has 0 fully saturated rings. The number of benzene rings is 1. The van der Waals surface area contributed by atoms with Gasteiger partial charge in [0.05, 0.1) is 20.8 Å². The Kier molecular flexibility index (Phi) is 7.17. The summed E-state index contributed by atoms with van der Waals surface area (Å²) >= 11 is 0. The molecular weight excluding hydrogens is 232 g/mol. The number of ether oxygens (including phenoxy) is 2. The van der Waals surface area contributed by atoms with Gasteiger partial charge in [0.1, 0.15) is 0 Å². The van der Waals surface area contributed by atoms with Gasteiger partial charge < -0.3 is 25.2 Å². The molecule has 1 rings (SSSR count). The van der Waals surface area contributed by atoms with Crippen LogP contribution in [0.15, 0.2) is 18.2 Å². The smallest absolute Gasteiger partial charge is 0.165 e. The van der Waals surface area contributed by atoms with Crippen LogP contribution in [0.4, 0.5) is 0 Å². The molecule has 0 saturated heterocycles. The first-order valence-corrected chi connectivity index (χ1v) is 6.05. The predicted octanol–water partition coefficient (Wildman–Crippen LogP) is 0.375. The molecule has 3 N–H and O–H groups in total. The maximum absolute atomic E-state index is 8.61. The molecule has 0 atom stereocenters. The topological polar surface area (TPSA) is 62.8 Å². The van der Waals surface area contributed by atoms with Gasteiger partial charge in [-0.1, -0.05) is 12.1 Å². The van der Waals surface area contributed by atoms with Crippen LogP contribution in [0.1, 0.15) is 5.56 Å². The maximum Gasteiger partial charge on any atom is 0.165 e. The highest BCUT2D eigenvalue weighted by Crippen LogP contribution is 2.30. The van der Waals surface area contributed by atoms with Crippen molar-refractivity contribution in [2.45, 2.75) is 6.54 Å². The van der Waals surface area contributed by atoms with Gasteiger partial charge in [-0.15, -0.1) is 0 Å². The molecule has 5 nitrogen and oxygen atoms in total. The first-order valence-electron chi connectivity index (χ1n) is 6.05. The first-order chi connectivity index (χ1) is 8.83. The molecular formula is C13H22N2O3. The fraction of sp³-hybridized carbons (Fsp3) is 0.538. The molecule has 0 amide bonds. The highest BCUT2D eigenvalue weighted by Gasteiger charge is 2.08. The van der Waals surface area contributed by atoms with E-state index in [1.165, 1.54) is 0 Å². The van der Waals surface area contributed by atoms with E-state index in [0.29, 0.717) is 6.54 Å². The van der Waals surface area contributed by atoms with Crippen molar-refractivity contribution < 1.29 is 14.6 Å². The van der Waals surface area contributed by atoms with Crippen LogP contribution in [0.3, 0.4) is 0 Å². The number of nitrogens with one attached hydrogen (secondary N) is 2. The summed E-state index contributed by atoms with van der Waals surface area (Å²) in [5.74, 6) is 1.52. The average Bonchev–Trinajstić information content (AvgIpc) is 2.42. The number of hydrogen-bond acceptors (Lipinski definition) is 5. The van der Waals surface area contributed by atoms with Crippen molar-refractivity contribution in [1.29, 1.82) is 0 Å². The molecule has 102 valence electrons. The van der Waals surface area contributed by atoms with Crippen LogP contribution in [0.25, 0.3) is 0 Å². The Bertz CT molecular complexity index is 345. The number of hydrogen-bond donors (Lipinski definition) is 3. The number of para-hydroxylation sites is 1. The zero-order valence-corrected chi connectivity index (χ0v) is 11.0. The average molecular weight is 254 g/mol. The van der Waals surface area contributed by atoms with Gasteiger partial charge in [-0.3, -0.25) is 0 Å². The lowest BCUT2D eigenvalue weighted by atomic mass is 10.2. The minimum absolute atomic E-state index is 0.170. The van der Waals surface area contributed by atoms with Gasteiger partial charge in [0.15, 0.2) is 11.5 Å². The monoisotopic (exact) mass is 254 g/mol. The van der Waals surface area contributed by atoms with Crippen molar-refractivity contribution in [3.8, 4) is 11.5 Å². The molecule has 0 aliphatic heterocycles. The van der Waals surface area contributed by atoms with Gasteiger partial charge >= 0.3 is 0 Å². The number of methoxy groups -OCH3 is 2. The van der Waals surface area contributed by atoms with E-state index >= 15 is 0 Å². The van der Waals surface area contributed by atoms with Crippen LogP contribution in [0.2, 0.25) is 0 Å². The molecule has 5 heteroatoms. The molecule has 0 bridgehead atoms. The van der Waals surface area contributed by atoms with E-state index in [0.717, 1.165) is 36.7 Å². The van der Waals surface area contributed by atoms with Crippen molar-refractivity contribution in [2.24, 2.45) is 0 Å². The Hall–Kier alpha value is -1.30. The normalized spacial score (nSPS) is 10.4. The Morgan fingerprint density at radius 2 is 1.83 bits per heavy atom. The predicted molar refractivity (Wildman–Crippen MR) is 71.2 cm³/mol. The lowest BCUT2D eigenvalue weighted by Gasteiger charge is -2.13. The van der Waals surface area contributed by atoms with Gasteiger partial charge in [0.25, 0.3) is 0 Å². The molecule has 0 aliphatic rings. The summed E-state index contributed by atoms with van der Waals surface area (Å²) in [6.07, 6.45) is 0. The second-order valence-corrected chi connectivity index (χ2v) is 3.80. The van der Waals surface area contributed by atoms with Gasteiger partial charge in [-0.2, -0.15) is 0 Å². The van der Waals surface area contributed by atoms with E-state index in [2.05, 4.69) is 10.6 Å². The molecule has 0 radical (unpaired) electrons. The number of aliphatic hydroxyl groups is 1. The summed E-state index contributed by atoms with van der Waals surface area (Å²) in [4.78, 5) is 0. The van der Waals surface area contributed by atoms with Crippen LogP contribution >= 0.6 is 0 Å². The van der Waals surface area contributed by atoms with E-state index in [-0.39, 0.29) is 6.61 Å². The summed E-state index contributed by atoms with van der Waals surface area (Å²) in [5.41, 5.74) is 1.07. The maximum atomic E-state index is 8.61. The van der Waals surface area contributed by atoms with Crippen LogP contribution in [0, 0.1) is 0 Å². The molecule has 0 aliphatic carbocycles. The van der Waals surface area contributed by atoms with Crippen LogP contribution in [-0.4, -0.2) is 45.6 Å². The Balaban J connectivity index is 2.41. The summed E-state index contributed by atoms with van der Waals surface area (Å²) < 4.78 is 10.6. The molecule has 0 saturated carbocycles. The molecule has 0 heterocycles. The van der Waals surface area contributed by atoms with Crippen molar-refractivity contribution in [1.82, 2.24) is 10.6 Å². The lowest BCUT2D eigenvalue weighted by Crippen LogP contribution is -2.28. The van der Waals surface area contributed by atoms with E-state index in [4.69, 9.17) is 14.6 Å². The van der Waals surface area contributed by atoms with E-state index in [1.54, 1.807) is 14.2 Å². The molecule has 0 spiro atoms. The molecule has 1 aromatic carbocycles. The van der Waals surface area contributed by atoms with Crippen molar-refractivity contribution in [3.05, 3.63) is 23.8 Å². The van der Waals surface area contributed by atoms with Crippen LogP contribution in [0.5, 0.6) is 11.5 Å². The fourth-order valence-electron chi connectivity index (χ4n) is 1.70. The Morgan fingerprint density at radius 1 is 1.06 bits per heavy atom. The second kappa shape index (κ2) is 8.74. The van der Waals surface area contributed by atoms with Crippen molar-refractivity contribution in [2.75, 3.05) is 40.5 Å². The highest BCUT2D eigenvalue weighted by molar-refractivity contribution is 5.46. The third-order valence-corrected chi connectivity index (χ3v) is 2.57. The van der Waals surface area contributed by atoms with Crippen molar-refractivity contribution in [3.63, 3.8) is 0 Å². The largest absolute Gasteiger partial charge is 0.493 e. The fourth-order valence-corrected chi connectivity index (χ4v) is 1.70. The third-order valence-electron chi connectivity index (χ3n) is 2.57. The van der Waals surface area contributed by atoms with Crippen LogP contribution < -0.4 is 20.1 Å². The van der Waals surface area contributed by atoms with E-state index < -0.39 is 0 Å². The van der Waals surface area contributed by atoms with Gasteiger partial charge in [-0.25, -0.2) is 0 Å². The number of aliphatic hydroxyl groups excluding tert-OH is 1. The standard InChI is InChI=1S/C13H22N2O3/c1-17-12-5-3-4-11(13(12)18-2)10-15-7-6-14-8-9-16/h3-5,14-16H,6-10H2,1-2H3. The summed E-state index contributed by atoms with van der Waals surface area (Å²) in [5, 5.41) is 15.0. The minimum atomic E-state index is 0.170. The van der Waals surface area contributed by atoms with Crippen molar-refractivity contribution >= 4 is 0 Å². The third kappa shape index (κ3) is 4.52. The molecule has 1 aromatic rings. The summed E-state index contributed by atoms with van der Waals surface area (Å²) in [7, 11) is 3.28. The van der Waals surface area contributed by atoms with Gasteiger partial charge in [0.2, 0.25) is 0 Å². The number of rotatable bonds is 9. The molecule has 18 heavy (non-hydrogen) atoms. The SMILES string of the molecule is COc1cccc(CNCCNCCO)c1OC. The highest BCUT2D eigenvalue weighted by atomic mass is 16.5. The zero-order valence-electron chi connectivity index (χ0n) is 11.0. The summed E-state index contributed by atoms with van der Waals surface area (Å²) in [6.45, 7) is 3.18.